The lowest BCUT2D eigenvalue weighted by Gasteiger charge is -2.21. The maximum Gasteiger partial charge on any atom is 0.240 e. The van der Waals surface area contributed by atoms with Gasteiger partial charge in [0.05, 0.1) is 30.7 Å². The Balaban J connectivity index is 1.51. The molecule has 0 saturated heterocycles. The zero-order valence-corrected chi connectivity index (χ0v) is 20.7. The van der Waals surface area contributed by atoms with Gasteiger partial charge in [-0.05, 0) is 61.4 Å². The molecule has 1 aliphatic heterocycles. The summed E-state index contributed by atoms with van der Waals surface area (Å²) in [4.78, 5) is 15.3. The molecule has 178 valence electrons. The Bertz CT molecular complexity index is 1350. The van der Waals surface area contributed by atoms with Gasteiger partial charge < -0.3 is 14.4 Å². The van der Waals surface area contributed by atoms with Gasteiger partial charge in [0.25, 0.3) is 0 Å². The highest BCUT2D eigenvalue weighted by atomic mass is 32.2. The summed E-state index contributed by atoms with van der Waals surface area (Å²) >= 11 is 1.40. The fourth-order valence-corrected chi connectivity index (χ4v) is 5.24. The van der Waals surface area contributed by atoms with Crippen LogP contribution in [0.5, 0.6) is 11.5 Å². The van der Waals surface area contributed by atoms with Crippen LogP contribution in [-0.2, 0) is 11.2 Å². The van der Waals surface area contributed by atoms with Crippen molar-refractivity contribution in [3.05, 3.63) is 78.4 Å². The zero-order valence-electron chi connectivity index (χ0n) is 19.8. The van der Waals surface area contributed by atoms with Crippen molar-refractivity contribution < 1.29 is 14.3 Å². The van der Waals surface area contributed by atoms with Gasteiger partial charge in [-0.1, -0.05) is 42.1 Å². The SMILES string of the molecule is COc1ccc(-n2c(SC(C)C(=O)N3CCc4ccccc43)nnc2-c2ccccc2OC)cc1. The summed E-state index contributed by atoms with van der Waals surface area (Å²) in [5.41, 5.74) is 3.89. The Labute approximate surface area is 208 Å². The molecule has 2 heterocycles. The van der Waals surface area contributed by atoms with Crippen LogP contribution in [0.15, 0.2) is 78.0 Å². The summed E-state index contributed by atoms with van der Waals surface area (Å²) < 4.78 is 12.9. The first-order valence-electron chi connectivity index (χ1n) is 11.4. The van der Waals surface area contributed by atoms with Crippen molar-refractivity contribution in [1.82, 2.24) is 14.8 Å². The van der Waals surface area contributed by atoms with Gasteiger partial charge in [-0.25, -0.2) is 0 Å². The number of hydrogen-bond donors (Lipinski definition) is 0. The summed E-state index contributed by atoms with van der Waals surface area (Å²) in [6.07, 6.45) is 0.874. The average Bonchev–Trinajstić information content (AvgIpc) is 3.52. The molecule has 7 nitrogen and oxygen atoms in total. The molecule has 1 atom stereocenters. The molecule has 0 saturated carbocycles. The van der Waals surface area contributed by atoms with Gasteiger partial charge in [-0.2, -0.15) is 0 Å². The van der Waals surface area contributed by atoms with E-state index in [2.05, 4.69) is 16.3 Å². The molecule has 0 bridgehead atoms. The Morgan fingerprint density at radius 1 is 0.943 bits per heavy atom. The van der Waals surface area contributed by atoms with Gasteiger partial charge in [0.15, 0.2) is 11.0 Å². The van der Waals surface area contributed by atoms with Crippen molar-refractivity contribution in [2.24, 2.45) is 0 Å². The monoisotopic (exact) mass is 486 g/mol. The Hall–Kier alpha value is -3.78. The van der Waals surface area contributed by atoms with Crippen molar-refractivity contribution in [2.75, 3.05) is 25.7 Å². The van der Waals surface area contributed by atoms with Crippen molar-refractivity contribution in [1.29, 1.82) is 0 Å². The largest absolute Gasteiger partial charge is 0.497 e. The third-order valence-electron chi connectivity index (χ3n) is 6.10. The number of carbonyl (C=O) groups is 1. The molecule has 0 N–H and O–H groups in total. The molecule has 1 aromatic heterocycles. The Morgan fingerprint density at radius 3 is 2.46 bits per heavy atom. The third kappa shape index (κ3) is 4.37. The highest BCUT2D eigenvalue weighted by Crippen LogP contribution is 2.36. The molecule has 5 rings (SSSR count). The van der Waals surface area contributed by atoms with Crippen LogP contribution in [-0.4, -0.2) is 46.7 Å². The normalized spacial score (nSPS) is 13.4. The first-order chi connectivity index (χ1) is 17.1. The van der Waals surface area contributed by atoms with Gasteiger partial charge >= 0.3 is 0 Å². The number of benzene rings is 3. The predicted octanol–water partition coefficient (Wildman–Crippen LogP) is 5.02. The summed E-state index contributed by atoms with van der Waals surface area (Å²) in [5.74, 6) is 2.15. The minimum atomic E-state index is -0.354. The Kier molecular flexibility index (Phi) is 6.46. The van der Waals surface area contributed by atoms with E-state index in [-0.39, 0.29) is 11.2 Å². The van der Waals surface area contributed by atoms with E-state index in [1.807, 2.05) is 83.1 Å². The maximum absolute atomic E-state index is 13.4. The topological polar surface area (TPSA) is 69.5 Å². The molecule has 3 aromatic carbocycles. The molecule has 1 unspecified atom stereocenters. The van der Waals surface area contributed by atoms with Crippen LogP contribution < -0.4 is 14.4 Å². The lowest BCUT2D eigenvalue weighted by Crippen LogP contribution is -2.35. The number of methoxy groups -OCH3 is 2. The fraction of sp³-hybridized carbons (Fsp3) is 0.222. The highest BCUT2D eigenvalue weighted by Gasteiger charge is 2.30. The second-order valence-corrected chi connectivity index (χ2v) is 9.48. The quantitative estimate of drug-likeness (QED) is 0.342. The molecule has 0 fully saturated rings. The third-order valence-corrected chi connectivity index (χ3v) is 7.13. The van der Waals surface area contributed by atoms with E-state index in [0.29, 0.717) is 23.3 Å². The minimum absolute atomic E-state index is 0.0584. The van der Waals surface area contributed by atoms with E-state index >= 15 is 0 Å². The zero-order chi connectivity index (χ0) is 24.4. The van der Waals surface area contributed by atoms with Gasteiger partial charge in [0, 0.05) is 12.2 Å². The van der Waals surface area contributed by atoms with Crippen LogP contribution in [0.3, 0.4) is 0 Å². The van der Waals surface area contributed by atoms with Crippen LogP contribution in [0.25, 0.3) is 17.1 Å². The van der Waals surface area contributed by atoms with Crippen molar-refractivity contribution in [3.8, 4) is 28.6 Å². The van der Waals surface area contributed by atoms with E-state index < -0.39 is 0 Å². The lowest BCUT2D eigenvalue weighted by molar-refractivity contribution is -0.117. The molecule has 8 heteroatoms. The van der Waals surface area contributed by atoms with E-state index in [0.717, 1.165) is 29.1 Å². The number of fused-ring (bicyclic) bond motifs is 1. The number of amides is 1. The number of nitrogens with zero attached hydrogens (tertiary/aromatic N) is 4. The van der Waals surface area contributed by atoms with Crippen LogP contribution in [0, 0.1) is 0 Å². The van der Waals surface area contributed by atoms with Crippen molar-refractivity contribution in [3.63, 3.8) is 0 Å². The molecule has 0 aliphatic carbocycles. The molecule has 0 spiro atoms. The second-order valence-electron chi connectivity index (χ2n) is 8.17. The molecule has 4 aromatic rings. The first kappa shape index (κ1) is 23.0. The number of hydrogen-bond acceptors (Lipinski definition) is 6. The van der Waals surface area contributed by atoms with E-state index in [1.165, 1.54) is 17.3 Å². The van der Waals surface area contributed by atoms with Gasteiger partial charge in [0.1, 0.15) is 11.5 Å². The summed E-state index contributed by atoms with van der Waals surface area (Å²) in [5, 5.41) is 9.29. The molecule has 35 heavy (non-hydrogen) atoms. The van der Waals surface area contributed by atoms with Gasteiger partial charge in [-0.3, -0.25) is 9.36 Å². The number of carbonyl (C=O) groups excluding carboxylic acids is 1. The van der Waals surface area contributed by atoms with Crippen LogP contribution in [0.2, 0.25) is 0 Å². The maximum atomic E-state index is 13.4. The molecule has 0 radical (unpaired) electrons. The van der Waals surface area contributed by atoms with Crippen molar-refractivity contribution >= 4 is 23.4 Å². The standard InChI is InChI=1S/C27H26N4O3S/c1-18(26(32)30-17-16-19-8-4-6-10-23(19)30)35-27-29-28-25(22-9-5-7-11-24(22)34-3)31(27)20-12-14-21(33-2)15-13-20/h4-15,18H,16-17H2,1-3H3. The van der Waals surface area contributed by atoms with Gasteiger partial charge in [0.2, 0.25) is 5.91 Å². The number of para-hydroxylation sites is 2. The van der Waals surface area contributed by atoms with E-state index in [1.54, 1.807) is 14.2 Å². The summed E-state index contributed by atoms with van der Waals surface area (Å²) in [7, 11) is 3.27. The molecular formula is C27H26N4O3S. The van der Waals surface area contributed by atoms with Crippen LogP contribution >= 0.6 is 11.8 Å². The second kappa shape index (κ2) is 9.84. The molecule has 1 aliphatic rings. The predicted molar refractivity (Wildman–Crippen MR) is 138 cm³/mol. The number of aromatic nitrogens is 3. The van der Waals surface area contributed by atoms with E-state index in [4.69, 9.17) is 9.47 Å². The number of ether oxygens (including phenoxy) is 2. The number of anilines is 1. The van der Waals surface area contributed by atoms with Crippen LogP contribution in [0.4, 0.5) is 5.69 Å². The molecule has 1 amide bonds. The van der Waals surface area contributed by atoms with E-state index in [9.17, 15) is 4.79 Å². The fourth-order valence-electron chi connectivity index (χ4n) is 4.31. The lowest BCUT2D eigenvalue weighted by atomic mass is 10.2. The van der Waals surface area contributed by atoms with Gasteiger partial charge in [-0.15, -0.1) is 10.2 Å². The number of rotatable bonds is 7. The highest BCUT2D eigenvalue weighted by molar-refractivity contribution is 8.00. The van der Waals surface area contributed by atoms with Crippen molar-refractivity contribution in [2.45, 2.75) is 23.8 Å². The summed E-state index contributed by atoms with van der Waals surface area (Å²) in [6.45, 7) is 2.62. The first-order valence-corrected chi connectivity index (χ1v) is 12.3. The summed E-state index contributed by atoms with van der Waals surface area (Å²) in [6, 6.07) is 23.5. The smallest absolute Gasteiger partial charge is 0.240 e. The molecular weight excluding hydrogens is 460 g/mol. The van der Waals surface area contributed by atoms with Crippen LogP contribution in [0.1, 0.15) is 12.5 Å². The minimum Gasteiger partial charge on any atom is -0.497 e. The number of thioether (sulfide) groups is 1. The average molecular weight is 487 g/mol. The Morgan fingerprint density at radius 2 is 1.69 bits per heavy atom.